The van der Waals surface area contributed by atoms with Crippen LogP contribution in [0.5, 0.6) is 11.6 Å². The summed E-state index contributed by atoms with van der Waals surface area (Å²) in [6.07, 6.45) is 2.05. The maximum Gasteiger partial charge on any atom is 0.223 e. The highest BCUT2D eigenvalue weighted by atomic mass is 79.9. The molecule has 1 aromatic heterocycles. The minimum Gasteiger partial charge on any atom is -0.439 e. The molecule has 0 spiro atoms. The van der Waals surface area contributed by atoms with Crippen molar-refractivity contribution in [3.63, 3.8) is 0 Å². The van der Waals surface area contributed by atoms with Gasteiger partial charge in [0.15, 0.2) is 0 Å². The van der Waals surface area contributed by atoms with Crippen LogP contribution in [0.2, 0.25) is 0 Å². The number of hydrogen-bond donors (Lipinski definition) is 0. The van der Waals surface area contributed by atoms with Crippen LogP contribution in [0.1, 0.15) is 25.6 Å². The van der Waals surface area contributed by atoms with E-state index >= 15 is 0 Å². The van der Waals surface area contributed by atoms with Crippen LogP contribution in [-0.2, 0) is 0 Å². The normalized spacial score (nSPS) is 10.8. The third-order valence-corrected chi connectivity index (χ3v) is 3.64. The molecule has 0 amide bonds. The third kappa shape index (κ3) is 3.94. The van der Waals surface area contributed by atoms with Crippen molar-refractivity contribution >= 4 is 27.7 Å². The van der Waals surface area contributed by atoms with Crippen LogP contribution in [-0.4, -0.2) is 16.2 Å². The molecule has 100 valence electrons. The fourth-order valence-corrected chi connectivity index (χ4v) is 2.27. The maximum absolute atomic E-state index is 5.76. The van der Waals surface area contributed by atoms with Crippen LogP contribution in [0.15, 0.2) is 39.8 Å². The number of thioether (sulfide) groups is 1. The molecule has 0 atom stereocenters. The van der Waals surface area contributed by atoms with E-state index in [0.29, 0.717) is 5.88 Å². The smallest absolute Gasteiger partial charge is 0.223 e. The number of rotatable bonds is 4. The molecule has 2 rings (SSSR count). The maximum atomic E-state index is 5.76. The van der Waals surface area contributed by atoms with Gasteiger partial charge in [-0.25, -0.2) is 4.98 Å². The lowest BCUT2D eigenvalue weighted by Crippen LogP contribution is -1.99. The van der Waals surface area contributed by atoms with E-state index in [1.165, 1.54) is 4.90 Å². The van der Waals surface area contributed by atoms with Gasteiger partial charge in [0.2, 0.25) is 5.88 Å². The van der Waals surface area contributed by atoms with Gasteiger partial charge in [-0.05, 0) is 46.5 Å². The Hall–Kier alpha value is -1.07. The molecule has 19 heavy (non-hydrogen) atoms. The van der Waals surface area contributed by atoms with Crippen LogP contribution in [0.4, 0.5) is 0 Å². The van der Waals surface area contributed by atoms with Crippen LogP contribution < -0.4 is 4.74 Å². The van der Waals surface area contributed by atoms with Gasteiger partial charge in [0.1, 0.15) is 16.2 Å². The summed E-state index contributed by atoms with van der Waals surface area (Å²) in [6.45, 7) is 4.11. The standard InChI is InChI=1S/C14H15BrN2OS/c1-9(2)14-16-12(15)8-13(17-14)18-10-4-6-11(19-3)7-5-10/h4-9H,1-3H3. The number of ether oxygens (including phenoxy) is 1. The summed E-state index contributed by atoms with van der Waals surface area (Å²) in [6, 6.07) is 9.71. The highest BCUT2D eigenvalue weighted by Crippen LogP contribution is 2.25. The first-order valence-corrected chi connectivity index (χ1v) is 7.96. The van der Waals surface area contributed by atoms with Crippen molar-refractivity contribution in [2.75, 3.05) is 6.26 Å². The Labute approximate surface area is 125 Å². The Morgan fingerprint density at radius 1 is 1.16 bits per heavy atom. The second-order valence-corrected chi connectivity index (χ2v) is 6.01. The summed E-state index contributed by atoms with van der Waals surface area (Å²) < 4.78 is 6.50. The van der Waals surface area contributed by atoms with E-state index in [0.717, 1.165) is 16.2 Å². The van der Waals surface area contributed by atoms with Crippen molar-refractivity contribution in [2.24, 2.45) is 0 Å². The van der Waals surface area contributed by atoms with E-state index in [9.17, 15) is 0 Å². The van der Waals surface area contributed by atoms with Crippen LogP contribution in [0, 0.1) is 0 Å². The molecular formula is C14H15BrN2OS. The van der Waals surface area contributed by atoms with E-state index in [1.807, 2.05) is 30.5 Å². The summed E-state index contributed by atoms with van der Waals surface area (Å²) in [7, 11) is 0. The molecule has 0 N–H and O–H groups in total. The molecule has 1 aromatic carbocycles. The van der Waals surface area contributed by atoms with Gasteiger partial charge >= 0.3 is 0 Å². The van der Waals surface area contributed by atoms with Crippen molar-refractivity contribution < 1.29 is 4.74 Å². The van der Waals surface area contributed by atoms with Gasteiger partial charge in [-0.3, -0.25) is 0 Å². The highest BCUT2D eigenvalue weighted by Gasteiger charge is 2.08. The first-order valence-electron chi connectivity index (χ1n) is 5.95. The molecular weight excluding hydrogens is 324 g/mol. The minimum atomic E-state index is 0.263. The second-order valence-electron chi connectivity index (χ2n) is 4.32. The fraction of sp³-hybridized carbons (Fsp3) is 0.286. The van der Waals surface area contributed by atoms with Crippen molar-refractivity contribution in [2.45, 2.75) is 24.7 Å². The molecule has 1 heterocycles. The Bertz CT molecular complexity index is 558. The summed E-state index contributed by atoms with van der Waals surface area (Å²) in [5.74, 6) is 2.37. The van der Waals surface area contributed by atoms with E-state index in [2.05, 4.69) is 39.7 Å². The Morgan fingerprint density at radius 3 is 2.42 bits per heavy atom. The molecule has 0 saturated heterocycles. The van der Waals surface area contributed by atoms with Gasteiger partial charge in [0, 0.05) is 16.9 Å². The number of aromatic nitrogens is 2. The molecule has 0 radical (unpaired) electrons. The van der Waals surface area contributed by atoms with Crippen LogP contribution in [0.3, 0.4) is 0 Å². The molecule has 0 saturated carbocycles. The van der Waals surface area contributed by atoms with Crippen molar-refractivity contribution in [3.05, 3.63) is 40.8 Å². The second kappa shape index (κ2) is 6.39. The predicted octanol–water partition coefficient (Wildman–Crippen LogP) is 4.88. The Kier molecular flexibility index (Phi) is 4.82. The van der Waals surface area contributed by atoms with Gasteiger partial charge < -0.3 is 4.74 Å². The number of benzene rings is 1. The molecule has 2 aromatic rings. The number of hydrogen-bond acceptors (Lipinski definition) is 4. The van der Waals surface area contributed by atoms with Crippen LogP contribution >= 0.6 is 27.7 Å². The van der Waals surface area contributed by atoms with Crippen molar-refractivity contribution in [1.29, 1.82) is 0 Å². The minimum absolute atomic E-state index is 0.263. The van der Waals surface area contributed by atoms with Crippen molar-refractivity contribution in [1.82, 2.24) is 9.97 Å². The SMILES string of the molecule is CSc1ccc(Oc2cc(Br)nc(C(C)C)n2)cc1. The van der Waals surface area contributed by atoms with E-state index in [4.69, 9.17) is 4.74 Å². The zero-order valence-electron chi connectivity index (χ0n) is 11.1. The molecule has 5 heteroatoms. The van der Waals surface area contributed by atoms with Gasteiger partial charge in [0.05, 0.1) is 0 Å². The summed E-state index contributed by atoms with van der Waals surface area (Å²) in [5, 5.41) is 0. The number of nitrogens with zero attached hydrogens (tertiary/aromatic N) is 2. The van der Waals surface area contributed by atoms with Gasteiger partial charge in [-0.2, -0.15) is 4.98 Å². The summed E-state index contributed by atoms with van der Waals surface area (Å²) in [5.41, 5.74) is 0. The molecule has 0 aliphatic carbocycles. The topological polar surface area (TPSA) is 35.0 Å². The lowest BCUT2D eigenvalue weighted by Gasteiger charge is -2.09. The molecule has 0 bridgehead atoms. The average Bonchev–Trinajstić information content (AvgIpc) is 2.39. The summed E-state index contributed by atoms with van der Waals surface area (Å²) >= 11 is 5.09. The average molecular weight is 339 g/mol. The zero-order valence-corrected chi connectivity index (χ0v) is 13.5. The van der Waals surface area contributed by atoms with E-state index in [1.54, 1.807) is 17.8 Å². The lowest BCUT2D eigenvalue weighted by atomic mass is 10.2. The van der Waals surface area contributed by atoms with Gasteiger partial charge in [-0.15, -0.1) is 11.8 Å². The Balaban J connectivity index is 2.22. The number of halogens is 1. The molecule has 0 aliphatic rings. The summed E-state index contributed by atoms with van der Waals surface area (Å²) in [4.78, 5) is 9.93. The zero-order chi connectivity index (χ0) is 13.8. The molecule has 0 fully saturated rings. The van der Waals surface area contributed by atoms with Crippen LogP contribution in [0.25, 0.3) is 0 Å². The quantitative estimate of drug-likeness (QED) is 0.588. The molecule has 0 unspecified atom stereocenters. The van der Waals surface area contributed by atoms with Gasteiger partial charge in [0.25, 0.3) is 0 Å². The third-order valence-electron chi connectivity index (χ3n) is 2.49. The molecule has 0 aliphatic heterocycles. The van der Waals surface area contributed by atoms with E-state index < -0.39 is 0 Å². The Morgan fingerprint density at radius 2 is 1.84 bits per heavy atom. The monoisotopic (exact) mass is 338 g/mol. The van der Waals surface area contributed by atoms with E-state index in [-0.39, 0.29) is 5.92 Å². The first-order chi connectivity index (χ1) is 9.08. The largest absolute Gasteiger partial charge is 0.439 e. The van der Waals surface area contributed by atoms with Gasteiger partial charge in [-0.1, -0.05) is 13.8 Å². The first kappa shape index (κ1) is 14.3. The molecule has 3 nitrogen and oxygen atoms in total. The van der Waals surface area contributed by atoms with Crippen molar-refractivity contribution in [3.8, 4) is 11.6 Å². The highest BCUT2D eigenvalue weighted by molar-refractivity contribution is 9.10. The predicted molar refractivity (Wildman–Crippen MR) is 82.1 cm³/mol. The fourth-order valence-electron chi connectivity index (χ4n) is 1.49. The lowest BCUT2D eigenvalue weighted by molar-refractivity contribution is 0.455.